The number of carbonyl (C=O) groups excluding carboxylic acids is 1. The zero-order chi connectivity index (χ0) is 17.4. The average Bonchev–Trinajstić information content (AvgIpc) is 2.97. The van der Waals surface area contributed by atoms with E-state index in [-0.39, 0.29) is 5.91 Å². The van der Waals surface area contributed by atoms with Crippen LogP contribution in [0.5, 0.6) is 0 Å². The van der Waals surface area contributed by atoms with Gasteiger partial charge in [0.05, 0.1) is 16.3 Å². The predicted molar refractivity (Wildman–Crippen MR) is 104 cm³/mol. The molecule has 1 aromatic carbocycles. The molecule has 0 radical (unpaired) electrons. The minimum Gasteiger partial charge on any atom is -0.293 e. The molecule has 0 spiro atoms. The Kier molecular flexibility index (Phi) is 5.01. The molecule has 2 heterocycles. The van der Waals surface area contributed by atoms with Crippen LogP contribution < -0.4 is 0 Å². The molecular weight excluding hydrogens is 385 g/mol. The molecule has 24 heavy (non-hydrogen) atoms. The van der Waals surface area contributed by atoms with Crippen LogP contribution in [0.3, 0.4) is 0 Å². The van der Waals surface area contributed by atoms with Crippen molar-refractivity contribution in [1.29, 1.82) is 0 Å². The fraction of sp³-hybridized carbons (Fsp3) is 0.188. The van der Waals surface area contributed by atoms with Crippen LogP contribution in [-0.4, -0.2) is 31.5 Å². The maximum Gasteiger partial charge on any atom is 0.266 e. The Balaban J connectivity index is 2.03. The van der Waals surface area contributed by atoms with Gasteiger partial charge in [0.25, 0.3) is 5.91 Å². The SMILES string of the molecule is CCN1C(=O)/C(=C\c2c(C)nn(-c3cccc(Cl)c3)c2Cl)SC1=S. The zero-order valence-corrected chi connectivity index (χ0v) is 16.1. The first-order valence-electron chi connectivity index (χ1n) is 7.18. The van der Waals surface area contributed by atoms with Gasteiger partial charge in [-0.2, -0.15) is 5.10 Å². The number of aryl methyl sites for hydroxylation is 1. The summed E-state index contributed by atoms with van der Waals surface area (Å²) in [5, 5.41) is 5.49. The van der Waals surface area contributed by atoms with Crippen molar-refractivity contribution >= 4 is 63.5 Å². The highest BCUT2D eigenvalue weighted by Crippen LogP contribution is 2.35. The molecule has 1 aromatic heterocycles. The number of thioether (sulfide) groups is 1. The summed E-state index contributed by atoms with van der Waals surface area (Å²) in [4.78, 5) is 14.5. The van der Waals surface area contributed by atoms with Gasteiger partial charge in [-0.05, 0) is 38.1 Å². The van der Waals surface area contributed by atoms with Gasteiger partial charge in [-0.3, -0.25) is 9.69 Å². The smallest absolute Gasteiger partial charge is 0.266 e. The Bertz CT molecular complexity index is 876. The highest BCUT2D eigenvalue weighted by atomic mass is 35.5. The molecule has 0 unspecified atom stereocenters. The van der Waals surface area contributed by atoms with E-state index in [1.807, 2.05) is 26.0 Å². The third-order valence-corrected chi connectivity index (χ3v) is 5.54. The summed E-state index contributed by atoms with van der Waals surface area (Å²) in [5.41, 5.74) is 2.19. The van der Waals surface area contributed by atoms with E-state index >= 15 is 0 Å². The van der Waals surface area contributed by atoms with Gasteiger partial charge in [0.15, 0.2) is 0 Å². The predicted octanol–water partition coefficient (Wildman–Crippen LogP) is 4.71. The van der Waals surface area contributed by atoms with Crippen LogP contribution in [0.15, 0.2) is 29.2 Å². The quantitative estimate of drug-likeness (QED) is 0.555. The lowest BCUT2D eigenvalue weighted by Crippen LogP contribution is -2.27. The second-order valence-corrected chi connectivity index (χ2v) is 7.58. The molecule has 3 rings (SSSR count). The lowest BCUT2D eigenvalue weighted by Gasteiger charge is -2.09. The molecular formula is C16H13Cl2N3OS2. The molecule has 2 aromatic rings. The van der Waals surface area contributed by atoms with Crippen LogP contribution in [-0.2, 0) is 4.79 Å². The van der Waals surface area contributed by atoms with Crippen molar-refractivity contribution in [1.82, 2.24) is 14.7 Å². The van der Waals surface area contributed by atoms with Crippen molar-refractivity contribution in [2.24, 2.45) is 0 Å². The van der Waals surface area contributed by atoms with Crippen molar-refractivity contribution in [2.75, 3.05) is 6.54 Å². The number of aromatic nitrogens is 2. The molecule has 1 fully saturated rings. The molecule has 1 amide bonds. The molecule has 0 saturated carbocycles. The normalized spacial score (nSPS) is 16.5. The van der Waals surface area contributed by atoms with E-state index in [2.05, 4.69) is 5.10 Å². The summed E-state index contributed by atoms with van der Waals surface area (Å²) in [5.74, 6) is -0.0986. The van der Waals surface area contributed by atoms with Crippen molar-refractivity contribution in [2.45, 2.75) is 13.8 Å². The number of likely N-dealkylation sites (N-methyl/N-ethyl adjacent to an activating group) is 1. The van der Waals surface area contributed by atoms with E-state index in [1.54, 1.807) is 27.8 Å². The summed E-state index contributed by atoms with van der Waals surface area (Å²) in [6, 6.07) is 7.26. The van der Waals surface area contributed by atoms with E-state index in [1.165, 1.54) is 11.8 Å². The van der Waals surface area contributed by atoms with Crippen molar-refractivity contribution < 1.29 is 4.79 Å². The number of nitrogens with zero attached hydrogens (tertiary/aromatic N) is 3. The third-order valence-electron chi connectivity index (χ3n) is 3.57. The summed E-state index contributed by atoms with van der Waals surface area (Å²) in [6.07, 6.45) is 1.75. The molecule has 0 N–H and O–H groups in total. The monoisotopic (exact) mass is 397 g/mol. The maximum absolute atomic E-state index is 12.4. The highest BCUT2D eigenvalue weighted by Gasteiger charge is 2.31. The Morgan fingerprint density at radius 3 is 2.75 bits per heavy atom. The van der Waals surface area contributed by atoms with Gasteiger partial charge in [0.1, 0.15) is 9.47 Å². The number of benzene rings is 1. The van der Waals surface area contributed by atoms with E-state index < -0.39 is 0 Å². The lowest BCUT2D eigenvalue weighted by molar-refractivity contribution is -0.121. The van der Waals surface area contributed by atoms with Crippen molar-refractivity contribution in [3.8, 4) is 5.69 Å². The van der Waals surface area contributed by atoms with Gasteiger partial charge in [-0.1, -0.05) is 53.2 Å². The first kappa shape index (κ1) is 17.5. The molecule has 0 aliphatic carbocycles. The third kappa shape index (κ3) is 3.11. The molecule has 1 aliphatic rings. The molecule has 124 valence electrons. The number of rotatable bonds is 3. The second-order valence-electron chi connectivity index (χ2n) is 5.11. The number of amides is 1. The van der Waals surface area contributed by atoms with E-state index in [9.17, 15) is 4.79 Å². The second kappa shape index (κ2) is 6.88. The molecule has 4 nitrogen and oxygen atoms in total. The average molecular weight is 398 g/mol. The Hall–Kier alpha value is -1.34. The van der Waals surface area contributed by atoms with Gasteiger partial charge in [0, 0.05) is 17.1 Å². The maximum atomic E-state index is 12.4. The van der Waals surface area contributed by atoms with E-state index in [0.717, 1.165) is 11.4 Å². The highest BCUT2D eigenvalue weighted by molar-refractivity contribution is 8.26. The van der Waals surface area contributed by atoms with Gasteiger partial charge < -0.3 is 0 Å². The Labute approximate surface area is 159 Å². The van der Waals surface area contributed by atoms with E-state index in [4.69, 9.17) is 35.4 Å². The van der Waals surface area contributed by atoms with Crippen molar-refractivity contribution in [3.63, 3.8) is 0 Å². The van der Waals surface area contributed by atoms with Crippen LogP contribution in [0.4, 0.5) is 0 Å². The van der Waals surface area contributed by atoms with Crippen LogP contribution >= 0.6 is 47.2 Å². The summed E-state index contributed by atoms with van der Waals surface area (Å²) < 4.78 is 2.17. The number of carbonyl (C=O) groups is 1. The minimum absolute atomic E-state index is 0.0986. The first-order chi connectivity index (χ1) is 11.4. The fourth-order valence-electron chi connectivity index (χ4n) is 2.36. The standard InChI is InChI=1S/C16H13Cl2N3OS2/c1-3-20-15(22)13(24-16(20)23)8-12-9(2)19-21(14(12)18)11-6-4-5-10(17)7-11/h4-8H,3H2,1-2H3/b13-8+. The Morgan fingerprint density at radius 2 is 2.12 bits per heavy atom. The number of halogens is 2. The minimum atomic E-state index is -0.0986. The summed E-state index contributed by atoms with van der Waals surface area (Å²) in [7, 11) is 0. The van der Waals surface area contributed by atoms with Crippen LogP contribution in [0.25, 0.3) is 11.8 Å². The van der Waals surface area contributed by atoms with Gasteiger partial charge in [-0.25, -0.2) is 4.68 Å². The van der Waals surface area contributed by atoms with Crippen molar-refractivity contribution in [3.05, 3.63) is 50.6 Å². The molecule has 0 atom stereocenters. The molecule has 8 heteroatoms. The fourth-order valence-corrected chi connectivity index (χ4v) is 4.24. The molecule has 0 bridgehead atoms. The lowest BCUT2D eigenvalue weighted by atomic mass is 10.2. The summed E-state index contributed by atoms with van der Waals surface area (Å²) in [6.45, 7) is 4.29. The van der Waals surface area contributed by atoms with Gasteiger partial charge in [0.2, 0.25) is 0 Å². The molecule has 1 aliphatic heterocycles. The van der Waals surface area contributed by atoms with Gasteiger partial charge >= 0.3 is 0 Å². The van der Waals surface area contributed by atoms with Gasteiger partial charge in [-0.15, -0.1) is 0 Å². The number of thiocarbonyl (C=S) groups is 1. The summed E-state index contributed by atoms with van der Waals surface area (Å²) >= 11 is 19.0. The van der Waals surface area contributed by atoms with E-state index in [0.29, 0.717) is 31.5 Å². The zero-order valence-electron chi connectivity index (χ0n) is 12.9. The number of hydrogen-bond donors (Lipinski definition) is 0. The Morgan fingerprint density at radius 1 is 1.38 bits per heavy atom. The van der Waals surface area contributed by atoms with Crippen LogP contribution in [0, 0.1) is 6.92 Å². The first-order valence-corrected chi connectivity index (χ1v) is 9.17. The topological polar surface area (TPSA) is 38.1 Å². The largest absolute Gasteiger partial charge is 0.293 e. The number of hydrogen-bond acceptors (Lipinski definition) is 4. The molecule has 1 saturated heterocycles. The van der Waals surface area contributed by atoms with Crippen LogP contribution in [0.2, 0.25) is 10.2 Å². The van der Waals surface area contributed by atoms with Crippen LogP contribution in [0.1, 0.15) is 18.2 Å².